The van der Waals surface area contributed by atoms with Gasteiger partial charge in [-0.15, -0.1) is 0 Å². The van der Waals surface area contributed by atoms with Gasteiger partial charge in [0.05, 0.1) is 5.54 Å². The van der Waals surface area contributed by atoms with E-state index in [-0.39, 0.29) is 5.54 Å². The summed E-state index contributed by atoms with van der Waals surface area (Å²) in [4.78, 5) is 2.71. The molecule has 1 aromatic rings. The Morgan fingerprint density at radius 1 is 1.28 bits per heavy atom. The minimum atomic E-state index is 0.111. The molecule has 1 aromatic carbocycles. The van der Waals surface area contributed by atoms with Gasteiger partial charge in [0, 0.05) is 12.6 Å². The van der Waals surface area contributed by atoms with Gasteiger partial charge in [0.2, 0.25) is 0 Å². The highest BCUT2D eigenvalue weighted by Crippen LogP contribution is 2.37. The lowest BCUT2D eigenvalue weighted by atomic mass is 9.91. The predicted molar refractivity (Wildman–Crippen MR) is 75.6 cm³/mol. The summed E-state index contributed by atoms with van der Waals surface area (Å²) in [7, 11) is 0. The van der Waals surface area contributed by atoms with E-state index in [2.05, 4.69) is 54.4 Å². The second-order valence-electron chi connectivity index (χ2n) is 6.23. The minimum Gasteiger partial charge on any atom is -0.307 e. The van der Waals surface area contributed by atoms with E-state index in [0.717, 1.165) is 25.0 Å². The zero-order valence-electron chi connectivity index (χ0n) is 11.5. The summed E-state index contributed by atoms with van der Waals surface area (Å²) < 4.78 is 0. The molecular weight excluding hydrogens is 220 g/mol. The molecule has 3 rings (SSSR count). The fourth-order valence-electron chi connectivity index (χ4n) is 3.28. The normalized spacial score (nSPS) is 37.2. The van der Waals surface area contributed by atoms with Crippen LogP contribution in [0.2, 0.25) is 0 Å². The van der Waals surface area contributed by atoms with Gasteiger partial charge in [-0.25, -0.2) is 0 Å². The Morgan fingerprint density at radius 3 is 2.67 bits per heavy atom. The molecule has 2 nitrogen and oxygen atoms in total. The smallest absolute Gasteiger partial charge is 0.0535 e. The summed E-state index contributed by atoms with van der Waals surface area (Å²) in [5, 5.41) is 3.76. The van der Waals surface area contributed by atoms with Crippen LogP contribution in [0, 0.1) is 5.92 Å². The second kappa shape index (κ2) is 4.67. The molecule has 0 spiro atoms. The van der Waals surface area contributed by atoms with Gasteiger partial charge in [-0.2, -0.15) is 0 Å². The quantitative estimate of drug-likeness (QED) is 0.860. The molecular formula is C16H24N2. The summed E-state index contributed by atoms with van der Waals surface area (Å²) in [6, 6.07) is 11.8. The van der Waals surface area contributed by atoms with Crippen molar-refractivity contribution in [3.63, 3.8) is 0 Å². The highest BCUT2D eigenvalue weighted by atomic mass is 15.2. The van der Waals surface area contributed by atoms with Gasteiger partial charge in [-0.3, -0.25) is 4.90 Å². The van der Waals surface area contributed by atoms with Crippen LogP contribution in [0.15, 0.2) is 30.3 Å². The molecule has 98 valence electrons. The van der Waals surface area contributed by atoms with Crippen molar-refractivity contribution in [3.8, 4) is 0 Å². The van der Waals surface area contributed by atoms with Crippen LogP contribution in [-0.2, 0) is 5.54 Å². The van der Waals surface area contributed by atoms with Crippen molar-refractivity contribution in [2.24, 2.45) is 5.92 Å². The first kappa shape index (κ1) is 12.2. The van der Waals surface area contributed by atoms with Crippen LogP contribution in [0.1, 0.15) is 32.3 Å². The molecule has 18 heavy (non-hydrogen) atoms. The highest BCUT2D eigenvalue weighted by Gasteiger charge is 2.41. The molecule has 2 heteroatoms. The maximum atomic E-state index is 3.76. The van der Waals surface area contributed by atoms with E-state index in [1.807, 2.05) is 0 Å². The van der Waals surface area contributed by atoms with Crippen LogP contribution in [0.3, 0.4) is 0 Å². The lowest BCUT2D eigenvalue weighted by Gasteiger charge is -2.34. The van der Waals surface area contributed by atoms with Crippen molar-refractivity contribution in [1.82, 2.24) is 10.2 Å². The molecule has 1 heterocycles. The number of nitrogens with zero attached hydrogens (tertiary/aromatic N) is 1. The number of nitrogens with one attached hydrogen (secondary N) is 1. The maximum Gasteiger partial charge on any atom is 0.0535 e. The summed E-state index contributed by atoms with van der Waals surface area (Å²) in [6.45, 7) is 8.26. The molecule has 2 fully saturated rings. The van der Waals surface area contributed by atoms with Gasteiger partial charge in [0.1, 0.15) is 0 Å². The van der Waals surface area contributed by atoms with Gasteiger partial charge < -0.3 is 5.32 Å². The largest absolute Gasteiger partial charge is 0.307 e. The number of hydrogen-bond donors (Lipinski definition) is 1. The van der Waals surface area contributed by atoms with Crippen LogP contribution >= 0.6 is 0 Å². The Hall–Kier alpha value is -0.860. The molecule has 0 amide bonds. The average Bonchev–Trinajstić information content (AvgIpc) is 3.14. The summed E-state index contributed by atoms with van der Waals surface area (Å²) in [5.41, 5.74) is 1.53. The predicted octanol–water partition coefficient (Wildman–Crippen LogP) is 2.61. The first-order valence-corrected chi connectivity index (χ1v) is 7.24. The third-order valence-corrected chi connectivity index (χ3v) is 4.60. The summed E-state index contributed by atoms with van der Waals surface area (Å²) in [5.74, 6) is 0.906. The molecule has 1 aliphatic carbocycles. The third-order valence-electron chi connectivity index (χ3n) is 4.60. The van der Waals surface area contributed by atoms with Crippen LogP contribution in [0.25, 0.3) is 0 Å². The van der Waals surface area contributed by atoms with Crippen molar-refractivity contribution >= 4 is 0 Å². The maximum absolute atomic E-state index is 3.76. The Morgan fingerprint density at radius 2 is 2.00 bits per heavy atom. The molecule has 0 bridgehead atoms. The first-order chi connectivity index (χ1) is 8.69. The van der Waals surface area contributed by atoms with Gasteiger partial charge in [-0.1, -0.05) is 37.3 Å². The lowest BCUT2D eigenvalue weighted by Crippen LogP contribution is -2.47. The molecule has 2 aliphatic rings. The van der Waals surface area contributed by atoms with Gasteiger partial charge in [0.15, 0.2) is 0 Å². The molecule has 3 atom stereocenters. The van der Waals surface area contributed by atoms with E-state index in [1.54, 1.807) is 0 Å². The summed E-state index contributed by atoms with van der Waals surface area (Å²) in [6.07, 6.45) is 2.66. The SMILES string of the molecule is CC1CC1N1CCCNC(C)(c2ccccc2)C1. The van der Waals surface area contributed by atoms with E-state index in [1.165, 1.54) is 24.9 Å². The van der Waals surface area contributed by atoms with E-state index < -0.39 is 0 Å². The Bertz CT molecular complexity index is 403. The van der Waals surface area contributed by atoms with Crippen LogP contribution < -0.4 is 5.32 Å². The molecule has 1 N–H and O–H groups in total. The highest BCUT2D eigenvalue weighted by molar-refractivity contribution is 5.24. The van der Waals surface area contributed by atoms with Crippen LogP contribution in [0.4, 0.5) is 0 Å². The molecule has 0 radical (unpaired) electrons. The number of benzene rings is 1. The van der Waals surface area contributed by atoms with Crippen molar-refractivity contribution in [3.05, 3.63) is 35.9 Å². The van der Waals surface area contributed by atoms with Crippen molar-refractivity contribution < 1.29 is 0 Å². The van der Waals surface area contributed by atoms with Gasteiger partial charge in [0.25, 0.3) is 0 Å². The Kier molecular flexibility index (Phi) is 3.16. The van der Waals surface area contributed by atoms with E-state index in [9.17, 15) is 0 Å². The molecule has 1 aliphatic heterocycles. The molecule has 0 aromatic heterocycles. The van der Waals surface area contributed by atoms with E-state index in [0.29, 0.717) is 0 Å². The Balaban J connectivity index is 1.81. The molecule has 3 unspecified atom stereocenters. The molecule has 1 saturated heterocycles. The first-order valence-electron chi connectivity index (χ1n) is 7.24. The van der Waals surface area contributed by atoms with Gasteiger partial charge >= 0.3 is 0 Å². The average molecular weight is 244 g/mol. The minimum absolute atomic E-state index is 0.111. The van der Waals surface area contributed by atoms with Gasteiger partial charge in [-0.05, 0) is 44.3 Å². The fourth-order valence-corrected chi connectivity index (χ4v) is 3.28. The Labute approximate surface area is 110 Å². The number of rotatable bonds is 2. The zero-order chi connectivity index (χ0) is 12.6. The second-order valence-corrected chi connectivity index (χ2v) is 6.23. The topological polar surface area (TPSA) is 15.3 Å². The van der Waals surface area contributed by atoms with Crippen LogP contribution in [0.5, 0.6) is 0 Å². The number of hydrogen-bond acceptors (Lipinski definition) is 2. The zero-order valence-corrected chi connectivity index (χ0v) is 11.5. The van der Waals surface area contributed by atoms with Crippen molar-refractivity contribution in [2.75, 3.05) is 19.6 Å². The molecule has 1 saturated carbocycles. The standard InChI is InChI=1S/C16H24N2/c1-13-11-15(13)18-10-6-9-17-16(2,12-18)14-7-4-3-5-8-14/h3-5,7-8,13,15,17H,6,9-12H2,1-2H3. The lowest BCUT2D eigenvalue weighted by molar-refractivity contribution is 0.205. The van der Waals surface area contributed by atoms with Crippen molar-refractivity contribution in [2.45, 2.75) is 38.3 Å². The van der Waals surface area contributed by atoms with Crippen LogP contribution in [-0.4, -0.2) is 30.6 Å². The van der Waals surface area contributed by atoms with E-state index in [4.69, 9.17) is 0 Å². The van der Waals surface area contributed by atoms with E-state index >= 15 is 0 Å². The fraction of sp³-hybridized carbons (Fsp3) is 0.625. The third kappa shape index (κ3) is 2.32. The monoisotopic (exact) mass is 244 g/mol. The van der Waals surface area contributed by atoms with Crippen molar-refractivity contribution in [1.29, 1.82) is 0 Å². The summed E-state index contributed by atoms with van der Waals surface area (Å²) >= 11 is 0.